The van der Waals surface area contributed by atoms with Crippen molar-refractivity contribution in [2.75, 3.05) is 11.9 Å². The van der Waals surface area contributed by atoms with Crippen molar-refractivity contribution in [2.45, 2.75) is 20.8 Å². The van der Waals surface area contributed by atoms with Gasteiger partial charge in [-0.15, -0.1) is 0 Å². The summed E-state index contributed by atoms with van der Waals surface area (Å²) in [4.78, 5) is 13.3. The molecule has 0 bridgehead atoms. The minimum Gasteiger partial charge on any atom is -0.312 e. The van der Waals surface area contributed by atoms with Gasteiger partial charge in [0.05, 0.1) is 0 Å². The molecule has 0 radical (unpaired) electrons. The third-order valence-electron chi connectivity index (χ3n) is 2.26. The van der Waals surface area contributed by atoms with Gasteiger partial charge in [0.2, 0.25) is 0 Å². The molecular weight excluding hydrogens is 186 g/mol. The first-order valence-electron chi connectivity index (χ1n) is 4.93. The van der Waals surface area contributed by atoms with Crippen LogP contribution in [0.2, 0.25) is 0 Å². The molecule has 0 saturated carbocycles. The predicted octanol–water partition coefficient (Wildman–Crippen LogP) is 2.84. The van der Waals surface area contributed by atoms with Gasteiger partial charge in [-0.2, -0.15) is 0 Å². The van der Waals surface area contributed by atoms with Crippen molar-refractivity contribution in [1.29, 1.82) is 0 Å². The summed E-state index contributed by atoms with van der Waals surface area (Å²) in [5.41, 5.74) is 3.79. The van der Waals surface area contributed by atoms with Crippen LogP contribution in [0.1, 0.15) is 18.1 Å². The van der Waals surface area contributed by atoms with Crippen LogP contribution in [0.4, 0.5) is 5.69 Å². The van der Waals surface area contributed by atoms with Gasteiger partial charge < -0.3 is 4.90 Å². The Morgan fingerprint density at radius 2 is 1.67 bits per heavy atom. The largest absolute Gasteiger partial charge is 0.312 e. The highest BCUT2D eigenvalue weighted by Crippen LogP contribution is 2.18. The van der Waals surface area contributed by atoms with E-state index in [2.05, 4.69) is 12.6 Å². The number of hydrogen-bond donors (Lipinski definition) is 0. The lowest BCUT2D eigenvalue weighted by atomic mass is 10.1. The van der Waals surface area contributed by atoms with E-state index in [0.29, 0.717) is 5.57 Å². The van der Waals surface area contributed by atoms with Gasteiger partial charge in [0.25, 0.3) is 5.91 Å². The van der Waals surface area contributed by atoms with Crippen LogP contribution in [0.25, 0.3) is 0 Å². The molecule has 80 valence electrons. The van der Waals surface area contributed by atoms with Crippen molar-refractivity contribution in [3.8, 4) is 0 Å². The second-order valence-electron chi connectivity index (χ2n) is 3.99. The molecular formula is C13H17NO. The summed E-state index contributed by atoms with van der Waals surface area (Å²) in [5.74, 6) is -0.0417. The Bertz CT molecular complexity index is 387. The Kier molecular flexibility index (Phi) is 3.30. The highest BCUT2D eigenvalue weighted by atomic mass is 16.2. The van der Waals surface area contributed by atoms with Crippen molar-refractivity contribution in [1.82, 2.24) is 0 Å². The number of carbonyl (C=O) groups excluding carboxylic acids is 1. The van der Waals surface area contributed by atoms with Gasteiger partial charge in [0.1, 0.15) is 0 Å². The fraction of sp³-hybridized carbons (Fsp3) is 0.308. The Balaban J connectivity index is 3.06. The van der Waals surface area contributed by atoms with Crippen molar-refractivity contribution in [3.63, 3.8) is 0 Å². The summed E-state index contributed by atoms with van der Waals surface area (Å²) in [6, 6.07) is 6.07. The van der Waals surface area contributed by atoms with E-state index in [1.54, 1.807) is 18.9 Å². The van der Waals surface area contributed by atoms with Crippen LogP contribution in [0.15, 0.2) is 30.4 Å². The molecule has 15 heavy (non-hydrogen) atoms. The third-order valence-corrected chi connectivity index (χ3v) is 2.26. The number of rotatable bonds is 2. The van der Waals surface area contributed by atoms with Gasteiger partial charge in [-0.3, -0.25) is 4.79 Å². The lowest BCUT2D eigenvalue weighted by Crippen LogP contribution is -2.26. The highest BCUT2D eigenvalue weighted by molar-refractivity contribution is 6.04. The van der Waals surface area contributed by atoms with Crippen LogP contribution >= 0.6 is 0 Å². The summed E-state index contributed by atoms with van der Waals surface area (Å²) in [5, 5.41) is 0. The van der Waals surface area contributed by atoms with Gasteiger partial charge in [-0.1, -0.05) is 12.6 Å². The normalized spacial score (nSPS) is 9.87. The standard InChI is InChI=1S/C13H17NO/c1-9(2)13(15)14(5)12-7-10(3)6-11(4)8-12/h6-8H,1H2,2-5H3. The Morgan fingerprint density at radius 1 is 1.20 bits per heavy atom. The van der Waals surface area contributed by atoms with Gasteiger partial charge >= 0.3 is 0 Å². The molecule has 2 heteroatoms. The fourth-order valence-corrected chi connectivity index (χ4v) is 1.55. The van der Waals surface area contributed by atoms with E-state index < -0.39 is 0 Å². The van der Waals surface area contributed by atoms with Gasteiger partial charge in [0.15, 0.2) is 0 Å². The second-order valence-corrected chi connectivity index (χ2v) is 3.99. The summed E-state index contributed by atoms with van der Waals surface area (Å²) >= 11 is 0. The molecule has 0 atom stereocenters. The van der Waals surface area contributed by atoms with Crippen molar-refractivity contribution in [2.24, 2.45) is 0 Å². The third kappa shape index (κ3) is 2.69. The van der Waals surface area contributed by atoms with Crippen molar-refractivity contribution < 1.29 is 4.79 Å². The summed E-state index contributed by atoms with van der Waals surface area (Å²) in [7, 11) is 1.77. The molecule has 0 aliphatic rings. The first-order chi connectivity index (χ1) is 6.91. The molecule has 0 aromatic heterocycles. The molecule has 0 fully saturated rings. The quantitative estimate of drug-likeness (QED) is 0.677. The average molecular weight is 203 g/mol. The van der Waals surface area contributed by atoms with E-state index in [0.717, 1.165) is 16.8 Å². The van der Waals surface area contributed by atoms with E-state index >= 15 is 0 Å². The maximum atomic E-state index is 11.7. The maximum absolute atomic E-state index is 11.7. The van der Waals surface area contributed by atoms with Crippen LogP contribution in [0.5, 0.6) is 0 Å². The SMILES string of the molecule is C=C(C)C(=O)N(C)c1cc(C)cc(C)c1. The first-order valence-corrected chi connectivity index (χ1v) is 4.93. The summed E-state index contributed by atoms with van der Waals surface area (Å²) in [6.07, 6.45) is 0. The molecule has 0 unspecified atom stereocenters. The fourth-order valence-electron chi connectivity index (χ4n) is 1.55. The van der Waals surface area contributed by atoms with Gasteiger partial charge in [-0.25, -0.2) is 0 Å². The predicted molar refractivity (Wildman–Crippen MR) is 64.1 cm³/mol. The van der Waals surface area contributed by atoms with Crippen LogP contribution in [-0.4, -0.2) is 13.0 Å². The number of nitrogens with zero attached hydrogens (tertiary/aromatic N) is 1. The van der Waals surface area contributed by atoms with Crippen LogP contribution in [0, 0.1) is 13.8 Å². The minimum absolute atomic E-state index is 0.0417. The number of amides is 1. The van der Waals surface area contributed by atoms with Gasteiger partial charge in [-0.05, 0) is 44.0 Å². The molecule has 0 aliphatic heterocycles. The van der Waals surface area contributed by atoms with Crippen LogP contribution < -0.4 is 4.90 Å². The van der Waals surface area contributed by atoms with Crippen LogP contribution in [0.3, 0.4) is 0 Å². The van der Waals surface area contributed by atoms with Crippen molar-refractivity contribution >= 4 is 11.6 Å². The average Bonchev–Trinajstić information content (AvgIpc) is 2.13. The van der Waals surface area contributed by atoms with E-state index in [9.17, 15) is 4.79 Å². The van der Waals surface area contributed by atoms with Crippen molar-refractivity contribution in [3.05, 3.63) is 41.5 Å². The van der Waals surface area contributed by atoms with E-state index in [4.69, 9.17) is 0 Å². The number of hydrogen-bond acceptors (Lipinski definition) is 1. The van der Waals surface area contributed by atoms with E-state index in [1.807, 2.05) is 26.0 Å². The Hall–Kier alpha value is -1.57. The van der Waals surface area contributed by atoms with E-state index in [1.165, 1.54) is 0 Å². The number of benzene rings is 1. The van der Waals surface area contributed by atoms with Gasteiger partial charge in [0, 0.05) is 18.3 Å². The Labute approximate surface area is 91.2 Å². The minimum atomic E-state index is -0.0417. The molecule has 2 nitrogen and oxygen atoms in total. The molecule has 0 saturated heterocycles. The summed E-state index contributed by atoms with van der Waals surface area (Å²) in [6.45, 7) is 9.43. The zero-order valence-electron chi connectivity index (χ0n) is 9.79. The zero-order chi connectivity index (χ0) is 11.6. The number of anilines is 1. The molecule has 1 rings (SSSR count). The van der Waals surface area contributed by atoms with Crippen LogP contribution in [-0.2, 0) is 4.79 Å². The lowest BCUT2D eigenvalue weighted by molar-refractivity contribution is -0.114. The Morgan fingerprint density at radius 3 is 2.07 bits per heavy atom. The molecule has 1 aromatic rings. The zero-order valence-corrected chi connectivity index (χ0v) is 9.79. The molecule has 0 heterocycles. The molecule has 1 amide bonds. The monoisotopic (exact) mass is 203 g/mol. The second kappa shape index (κ2) is 4.30. The topological polar surface area (TPSA) is 20.3 Å². The molecule has 0 N–H and O–H groups in total. The number of aryl methyl sites for hydroxylation is 2. The highest BCUT2D eigenvalue weighted by Gasteiger charge is 2.11. The molecule has 1 aromatic carbocycles. The molecule has 0 spiro atoms. The number of carbonyl (C=O) groups is 1. The lowest BCUT2D eigenvalue weighted by Gasteiger charge is -2.18. The molecule has 0 aliphatic carbocycles. The smallest absolute Gasteiger partial charge is 0.253 e. The van der Waals surface area contributed by atoms with E-state index in [-0.39, 0.29) is 5.91 Å². The summed E-state index contributed by atoms with van der Waals surface area (Å²) < 4.78 is 0. The first kappa shape index (κ1) is 11.5. The number of likely N-dealkylation sites (N-methyl/N-ethyl adjacent to an activating group) is 1. The maximum Gasteiger partial charge on any atom is 0.253 e.